The summed E-state index contributed by atoms with van der Waals surface area (Å²) in [4.78, 5) is 25.0. The monoisotopic (exact) mass is 690 g/mol. The Labute approximate surface area is 289 Å². The first-order valence-corrected chi connectivity index (χ1v) is 17.2. The fraction of sp³-hybridized carbons (Fsp3) is 0.794. The molecule has 267 valence electrons. The van der Waals surface area contributed by atoms with E-state index in [1.165, 1.54) is 64.2 Å². The Balaban J connectivity index is 0.000000986. The number of hydrogen-bond acceptors (Lipinski definition) is 9. The molecule has 0 aliphatic heterocycles. The Kier molecular flexibility index (Phi) is 24.5. The van der Waals surface area contributed by atoms with Gasteiger partial charge in [0.15, 0.2) is 0 Å². The first-order valence-electron chi connectivity index (χ1n) is 17.2. The minimum Gasteiger partial charge on any atom is -0.480 e. The zero-order valence-electron chi connectivity index (χ0n) is 29.2. The maximum atomic E-state index is 10.0. The average Bonchev–Trinajstić information content (AvgIpc) is 3.39. The van der Waals surface area contributed by atoms with Crippen molar-refractivity contribution in [3.63, 3.8) is 0 Å². The summed E-state index contributed by atoms with van der Waals surface area (Å²) in [5.74, 6) is -1.82. The Bertz CT molecular complexity index is 932. The number of nitrogens with one attached hydrogen (secondary N) is 4. The molecule has 11 nitrogen and oxygen atoms in total. The summed E-state index contributed by atoms with van der Waals surface area (Å²) in [6.07, 6.45) is 13.2. The van der Waals surface area contributed by atoms with Crippen LogP contribution in [0.5, 0.6) is 0 Å². The van der Waals surface area contributed by atoms with Gasteiger partial charge in [-0.25, -0.2) is 0 Å². The fourth-order valence-electron chi connectivity index (χ4n) is 5.72. The number of carbonyl (C=O) groups is 2. The number of nitrogens with zero attached hydrogens (tertiary/aromatic N) is 1. The van der Waals surface area contributed by atoms with Gasteiger partial charge in [0.1, 0.15) is 12.1 Å². The number of hydrogen-bond donors (Lipinski definition) is 8. The molecule has 0 unspecified atom stereocenters. The van der Waals surface area contributed by atoms with E-state index in [4.69, 9.17) is 26.7 Å². The molecule has 6 atom stereocenters. The van der Waals surface area contributed by atoms with Gasteiger partial charge < -0.3 is 42.9 Å². The van der Waals surface area contributed by atoms with Crippen LogP contribution < -0.4 is 32.7 Å². The van der Waals surface area contributed by atoms with Crippen LogP contribution in [0.15, 0.2) is 18.2 Å². The van der Waals surface area contributed by atoms with Gasteiger partial charge in [-0.05, 0) is 63.2 Å². The van der Waals surface area contributed by atoms with Gasteiger partial charge in [-0.15, -0.1) is 0 Å². The van der Waals surface area contributed by atoms with E-state index in [1.54, 1.807) is 27.7 Å². The van der Waals surface area contributed by atoms with Crippen molar-refractivity contribution >= 4 is 11.9 Å². The van der Waals surface area contributed by atoms with Gasteiger partial charge in [0.05, 0.1) is 11.4 Å². The van der Waals surface area contributed by atoms with E-state index in [2.05, 4.69) is 53.4 Å². The molecule has 1 aromatic heterocycles. The SMILES string of the molecule is CC(C)[C@H](N)C(=O)O.CC(C)[C@H](N)C(=O)O.CCN[C@H]1CCCCC[C@@H]1NCc1cccc(CN[C@H]2CCCCC[C@@H]2NC)n1.[Mn]. The molecule has 0 aromatic carbocycles. The van der Waals surface area contributed by atoms with Crippen LogP contribution in [0.3, 0.4) is 0 Å². The summed E-state index contributed by atoms with van der Waals surface area (Å²) in [5, 5.41) is 31.3. The normalized spacial score (nSPS) is 22.9. The zero-order chi connectivity index (χ0) is 33.8. The van der Waals surface area contributed by atoms with Crippen LogP contribution in [-0.2, 0) is 39.7 Å². The smallest absolute Gasteiger partial charge is 0.320 e. The first-order chi connectivity index (χ1) is 21.4. The number of carboxylic acid groups (broad SMARTS) is 2. The molecule has 1 radical (unpaired) electrons. The first kappa shape index (κ1) is 44.4. The predicted octanol–water partition coefficient (Wildman–Crippen LogP) is 3.60. The van der Waals surface area contributed by atoms with Crippen LogP contribution in [0.1, 0.15) is 110 Å². The van der Waals surface area contributed by atoms with Crippen molar-refractivity contribution in [1.29, 1.82) is 0 Å². The average molecular weight is 691 g/mol. The van der Waals surface area contributed by atoms with Gasteiger partial charge >= 0.3 is 11.9 Å². The minimum absolute atomic E-state index is 0. The largest absolute Gasteiger partial charge is 0.480 e. The standard InChI is InChI=1S/C24H43N5.2C5H11NO2.Mn/c1-3-26-23-15-8-5-9-16-24(23)28-18-20-12-10-11-19(29-20)17-27-22-14-7-4-6-13-21(22)25-2;2*1-3(2)4(6)5(7)8;/h10-12,21-28H,3-9,13-18H2,1-2H3;2*3-4H,6H2,1-2H3,(H,7,8);/t21-,22-,23-,24-;2*4-;/m000./s1. The van der Waals surface area contributed by atoms with Gasteiger partial charge in [0.2, 0.25) is 0 Å². The zero-order valence-corrected chi connectivity index (χ0v) is 30.4. The maximum absolute atomic E-state index is 10.0. The van der Waals surface area contributed by atoms with E-state index >= 15 is 0 Å². The van der Waals surface area contributed by atoms with Crippen LogP contribution in [0.2, 0.25) is 0 Å². The molecule has 0 saturated heterocycles. The van der Waals surface area contributed by atoms with Crippen LogP contribution >= 0.6 is 0 Å². The second-order valence-electron chi connectivity index (χ2n) is 13.1. The van der Waals surface area contributed by atoms with Crippen molar-refractivity contribution in [3.8, 4) is 0 Å². The second-order valence-corrected chi connectivity index (χ2v) is 13.1. The van der Waals surface area contributed by atoms with E-state index in [1.807, 2.05) is 0 Å². The van der Waals surface area contributed by atoms with Crippen LogP contribution in [0.4, 0.5) is 0 Å². The Hall–Kier alpha value is -1.63. The topological polar surface area (TPSA) is 188 Å². The molecule has 1 heterocycles. The summed E-state index contributed by atoms with van der Waals surface area (Å²) in [6.45, 7) is 12.1. The molecule has 46 heavy (non-hydrogen) atoms. The van der Waals surface area contributed by atoms with Crippen molar-refractivity contribution in [2.45, 2.75) is 148 Å². The van der Waals surface area contributed by atoms with Crippen molar-refractivity contribution in [2.24, 2.45) is 23.3 Å². The third kappa shape index (κ3) is 18.1. The van der Waals surface area contributed by atoms with E-state index in [0.29, 0.717) is 24.2 Å². The number of aliphatic carboxylic acids is 2. The fourth-order valence-corrected chi connectivity index (χ4v) is 5.72. The van der Waals surface area contributed by atoms with Crippen molar-refractivity contribution in [1.82, 2.24) is 26.3 Å². The van der Waals surface area contributed by atoms with Crippen molar-refractivity contribution in [2.75, 3.05) is 13.6 Å². The Morgan fingerprint density at radius 3 is 1.43 bits per heavy atom. The number of rotatable bonds is 13. The van der Waals surface area contributed by atoms with Crippen LogP contribution in [-0.4, -0.2) is 77.0 Å². The number of nitrogens with two attached hydrogens (primary N) is 2. The van der Waals surface area contributed by atoms with Gasteiger partial charge in [-0.3, -0.25) is 14.6 Å². The molecule has 0 amide bonds. The summed E-state index contributed by atoms with van der Waals surface area (Å²) >= 11 is 0. The molecule has 3 rings (SSSR count). The van der Waals surface area contributed by atoms with E-state index in [-0.39, 0.29) is 28.9 Å². The van der Waals surface area contributed by atoms with Crippen LogP contribution in [0.25, 0.3) is 0 Å². The van der Waals surface area contributed by atoms with E-state index in [9.17, 15) is 9.59 Å². The van der Waals surface area contributed by atoms with Gasteiger partial charge in [-0.2, -0.15) is 0 Å². The molecular formula is C34H65MnN7O4. The molecule has 0 bridgehead atoms. The number of carboxylic acids is 2. The van der Waals surface area contributed by atoms with Crippen molar-refractivity contribution in [3.05, 3.63) is 29.6 Å². The summed E-state index contributed by atoms with van der Waals surface area (Å²) in [6, 6.07) is 7.36. The number of aromatic nitrogens is 1. The number of pyridine rings is 1. The van der Waals surface area contributed by atoms with Gasteiger partial charge in [-0.1, -0.05) is 79.2 Å². The van der Waals surface area contributed by atoms with Gasteiger partial charge in [0.25, 0.3) is 0 Å². The summed E-state index contributed by atoms with van der Waals surface area (Å²) in [5.41, 5.74) is 12.6. The molecule has 2 fully saturated rings. The van der Waals surface area contributed by atoms with Crippen molar-refractivity contribution < 1.29 is 36.9 Å². The number of likely N-dealkylation sites (N-methyl/N-ethyl adjacent to an activating group) is 2. The van der Waals surface area contributed by atoms with E-state index in [0.717, 1.165) is 31.0 Å². The third-order valence-electron chi connectivity index (χ3n) is 8.83. The van der Waals surface area contributed by atoms with E-state index < -0.39 is 24.0 Å². The molecule has 2 aliphatic rings. The summed E-state index contributed by atoms with van der Waals surface area (Å²) in [7, 11) is 2.10. The van der Waals surface area contributed by atoms with Crippen LogP contribution in [0, 0.1) is 11.8 Å². The molecular weight excluding hydrogens is 625 g/mol. The molecule has 1 aromatic rings. The Morgan fingerprint density at radius 1 is 0.739 bits per heavy atom. The molecule has 0 spiro atoms. The summed E-state index contributed by atoms with van der Waals surface area (Å²) < 4.78 is 0. The second kappa shape index (κ2) is 25.4. The quantitative estimate of drug-likeness (QED) is 0.112. The Morgan fingerprint density at radius 2 is 1.11 bits per heavy atom. The molecule has 12 heteroatoms. The van der Waals surface area contributed by atoms with Gasteiger partial charge in [0, 0.05) is 54.3 Å². The predicted molar refractivity (Wildman–Crippen MR) is 183 cm³/mol. The minimum atomic E-state index is -0.931. The molecule has 2 aliphatic carbocycles. The molecule has 10 N–H and O–H groups in total. The third-order valence-corrected chi connectivity index (χ3v) is 8.83. The maximum Gasteiger partial charge on any atom is 0.320 e. The molecule has 2 saturated carbocycles.